The third kappa shape index (κ3) is 10.3. The van der Waals surface area contributed by atoms with Gasteiger partial charge in [-0.25, -0.2) is 4.98 Å². The summed E-state index contributed by atoms with van der Waals surface area (Å²) >= 11 is 0. The number of rotatable bonds is 11. The lowest BCUT2D eigenvalue weighted by atomic mass is 10.1. The molecule has 0 unspecified atom stereocenters. The summed E-state index contributed by atoms with van der Waals surface area (Å²) in [4.78, 5) is 51.5. The van der Waals surface area contributed by atoms with Crippen LogP contribution in [0.2, 0.25) is 0 Å². The van der Waals surface area contributed by atoms with Crippen molar-refractivity contribution in [2.75, 3.05) is 51.0 Å². The highest BCUT2D eigenvalue weighted by atomic mass is 35.5. The van der Waals surface area contributed by atoms with Crippen LogP contribution in [0, 0.1) is 6.92 Å². The predicted molar refractivity (Wildman–Crippen MR) is 214 cm³/mol. The van der Waals surface area contributed by atoms with Crippen molar-refractivity contribution in [1.29, 1.82) is 0 Å². The Bertz CT molecular complexity index is 2030. The number of likely N-dealkylation sites (N-methyl/N-ethyl adjacent to an activating group) is 1. The number of methoxy groups -OCH3 is 1. The molecule has 0 atom stereocenters. The number of halogens is 3. The molecular formula is C38H44Cl3N7O5. The first-order chi connectivity index (χ1) is 24.2. The van der Waals surface area contributed by atoms with Crippen LogP contribution in [0.4, 0.5) is 11.4 Å². The quantitative estimate of drug-likeness (QED) is 0.123. The number of aromatic amines is 1. The van der Waals surface area contributed by atoms with Gasteiger partial charge in [-0.15, -0.1) is 37.2 Å². The summed E-state index contributed by atoms with van der Waals surface area (Å²) in [6.07, 6.45) is 0. The van der Waals surface area contributed by atoms with E-state index in [0.29, 0.717) is 56.2 Å². The zero-order valence-electron chi connectivity index (χ0n) is 29.6. The second-order valence-corrected chi connectivity index (χ2v) is 12.4. The first-order valence-corrected chi connectivity index (χ1v) is 16.4. The van der Waals surface area contributed by atoms with Crippen LogP contribution in [0.25, 0.3) is 11.0 Å². The molecule has 0 radical (unpaired) electrons. The summed E-state index contributed by atoms with van der Waals surface area (Å²) in [5.41, 5.74) is 11.9. The van der Waals surface area contributed by atoms with Gasteiger partial charge in [-0.1, -0.05) is 24.3 Å². The number of nitrogens with zero attached hydrogens (tertiary/aromatic N) is 3. The first-order valence-electron chi connectivity index (χ1n) is 16.4. The maximum Gasteiger partial charge on any atom is 0.257 e. The SMILES string of the molecule is COCc1cc(C(=O)Nc2ccc(C)cc2OCc2ccc(C(=O)N3CCN(C)CC3)cc2)ccc1NC(=O)c1cccc2[nH]c(CN)nc12.Cl.Cl.Cl. The summed E-state index contributed by atoms with van der Waals surface area (Å²) in [7, 11) is 3.61. The third-order valence-corrected chi connectivity index (χ3v) is 8.69. The summed E-state index contributed by atoms with van der Waals surface area (Å²) in [6, 6.07) is 23.3. The van der Waals surface area contributed by atoms with Crippen molar-refractivity contribution >= 4 is 77.4 Å². The van der Waals surface area contributed by atoms with E-state index in [-0.39, 0.29) is 74.7 Å². The molecular weight excluding hydrogens is 741 g/mol. The second-order valence-electron chi connectivity index (χ2n) is 12.4. The second kappa shape index (κ2) is 19.4. The molecule has 1 fully saturated rings. The molecule has 282 valence electrons. The molecule has 1 aromatic heterocycles. The van der Waals surface area contributed by atoms with Crippen LogP contribution in [-0.2, 0) is 24.5 Å². The molecule has 1 aliphatic heterocycles. The molecule has 3 amide bonds. The minimum absolute atomic E-state index is 0. The molecule has 5 N–H and O–H groups in total. The van der Waals surface area contributed by atoms with Crippen LogP contribution in [-0.4, -0.2) is 77.8 Å². The maximum absolute atomic E-state index is 13.5. The predicted octanol–water partition coefficient (Wildman–Crippen LogP) is 6.21. The van der Waals surface area contributed by atoms with Crippen LogP contribution in [0.1, 0.15) is 53.6 Å². The summed E-state index contributed by atoms with van der Waals surface area (Å²) in [5, 5.41) is 5.91. The number of nitrogens with two attached hydrogens (primary N) is 1. The van der Waals surface area contributed by atoms with Crippen molar-refractivity contribution in [3.63, 3.8) is 0 Å². The Balaban J connectivity index is 0.00000252. The molecule has 2 heterocycles. The summed E-state index contributed by atoms with van der Waals surface area (Å²) < 4.78 is 11.6. The van der Waals surface area contributed by atoms with E-state index in [0.717, 1.165) is 37.3 Å². The van der Waals surface area contributed by atoms with Crippen LogP contribution in [0.15, 0.2) is 78.9 Å². The fourth-order valence-electron chi connectivity index (χ4n) is 5.83. The standard InChI is InChI=1S/C38H41N7O5.3ClH/c1-24-7-13-31(33(19-24)50-22-25-8-10-26(11-9-25)38(48)45-17-15-44(2)16-18-45)42-36(46)27-12-14-30(28(20-27)23-49-3)41-37(47)29-5-4-6-32-35(29)43-34(21-39)40-32;;;/h4-14,19-20H,15-18,21-23,39H2,1-3H3,(H,40,43)(H,41,47)(H,42,46);3*1H. The minimum Gasteiger partial charge on any atom is -0.487 e. The number of fused-ring (bicyclic) bond motifs is 1. The molecule has 12 nitrogen and oxygen atoms in total. The number of aryl methyl sites for hydroxylation is 1. The van der Waals surface area contributed by atoms with E-state index in [1.165, 1.54) is 0 Å². The van der Waals surface area contributed by atoms with Gasteiger partial charge in [0.2, 0.25) is 0 Å². The number of nitrogens with one attached hydrogen (secondary N) is 3. The Morgan fingerprint density at radius 1 is 0.830 bits per heavy atom. The van der Waals surface area contributed by atoms with Gasteiger partial charge >= 0.3 is 0 Å². The van der Waals surface area contributed by atoms with Crippen molar-refractivity contribution in [2.45, 2.75) is 26.7 Å². The zero-order chi connectivity index (χ0) is 35.2. The van der Waals surface area contributed by atoms with Crippen molar-refractivity contribution in [3.05, 3.63) is 118 Å². The molecule has 0 aliphatic carbocycles. The van der Waals surface area contributed by atoms with Gasteiger partial charge < -0.3 is 40.6 Å². The fourth-order valence-corrected chi connectivity index (χ4v) is 5.83. The molecule has 0 spiro atoms. The molecule has 1 aliphatic rings. The van der Waals surface area contributed by atoms with E-state index in [4.69, 9.17) is 15.2 Å². The number of ether oxygens (including phenoxy) is 2. The van der Waals surface area contributed by atoms with Gasteiger partial charge in [0.15, 0.2) is 0 Å². The van der Waals surface area contributed by atoms with Gasteiger partial charge in [0, 0.05) is 55.7 Å². The van der Waals surface area contributed by atoms with Gasteiger partial charge in [-0.05, 0) is 79.7 Å². The molecule has 4 aromatic carbocycles. The van der Waals surface area contributed by atoms with Crippen molar-refractivity contribution in [3.8, 4) is 5.75 Å². The number of hydrogen-bond acceptors (Lipinski definition) is 8. The number of carbonyl (C=O) groups is 3. The van der Waals surface area contributed by atoms with Gasteiger partial charge in [-0.3, -0.25) is 14.4 Å². The normalized spacial score (nSPS) is 12.6. The average molecular weight is 785 g/mol. The Kier molecular flexibility index (Phi) is 15.6. The number of carbonyl (C=O) groups excluding carboxylic acids is 3. The number of anilines is 2. The van der Waals surface area contributed by atoms with Gasteiger partial charge in [0.05, 0.1) is 29.9 Å². The van der Waals surface area contributed by atoms with E-state index < -0.39 is 0 Å². The molecule has 6 rings (SSSR count). The molecule has 5 aromatic rings. The monoisotopic (exact) mass is 783 g/mol. The summed E-state index contributed by atoms with van der Waals surface area (Å²) in [5.74, 6) is 0.434. The van der Waals surface area contributed by atoms with E-state index in [1.54, 1.807) is 43.5 Å². The number of aromatic nitrogens is 2. The number of imidazole rings is 1. The number of piperazine rings is 1. The third-order valence-electron chi connectivity index (χ3n) is 8.69. The van der Waals surface area contributed by atoms with Crippen LogP contribution in [0.5, 0.6) is 5.75 Å². The first kappa shape index (κ1) is 42.7. The van der Waals surface area contributed by atoms with E-state index >= 15 is 0 Å². The lowest BCUT2D eigenvalue weighted by Crippen LogP contribution is -2.47. The van der Waals surface area contributed by atoms with Gasteiger partial charge in [0.25, 0.3) is 17.7 Å². The lowest BCUT2D eigenvalue weighted by Gasteiger charge is -2.32. The Hall–Kier alpha value is -4.69. The van der Waals surface area contributed by atoms with Crippen LogP contribution in [0.3, 0.4) is 0 Å². The van der Waals surface area contributed by atoms with Crippen LogP contribution < -0.4 is 21.1 Å². The number of H-pyrrole nitrogens is 1. The molecule has 15 heteroatoms. The lowest BCUT2D eigenvalue weighted by molar-refractivity contribution is 0.0663. The highest BCUT2D eigenvalue weighted by Gasteiger charge is 2.21. The summed E-state index contributed by atoms with van der Waals surface area (Å²) in [6.45, 7) is 5.76. The molecule has 1 saturated heterocycles. The minimum atomic E-state index is -0.351. The van der Waals surface area contributed by atoms with Crippen LogP contribution >= 0.6 is 37.2 Å². The topological polar surface area (TPSA) is 155 Å². The average Bonchev–Trinajstić information content (AvgIpc) is 3.56. The Morgan fingerprint density at radius 3 is 2.21 bits per heavy atom. The van der Waals surface area contributed by atoms with Crippen molar-refractivity contribution < 1.29 is 23.9 Å². The van der Waals surface area contributed by atoms with Crippen molar-refractivity contribution in [2.24, 2.45) is 5.73 Å². The maximum atomic E-state index is 13.5. The Morgan fingerprint density at radius 2 is 1.51 bits per heavy atom. The smallest absolute Gasteiger partial charge is 0.257 e. The largest absolute Gasteiger partial charge is 0.487 e. The van der Waals surface area contributed by atoms with Gasteiger partial charge in [0.1, 0.15) is 23.7 Å². The number of benzene rings is 4. The highest BCUT2D eigenvalue weighted by Crippen LogP contribution is 2.29. The van der Waals surface area contributed by atoms with Gasteiger partial charge in [-0.2, -0.15) is 0 Å². The van der Waals surface area contributed by atoms with Crippen molar-refractivity contribution in [1.82, 2.24) is 19.8 Å². The molecule has 0 saturated carbocycles. The number of hydrogen-bond donors (Lipinski definition) is 4. The number of para-hydroxylation sites is 1. The highest BCUT2D eigenvalue weighted by molar-refractivity contribution is 6.12. The molecule has 53 heavy (non-hydrogen) atoms. The van der Waals surface area contributed by atoms with E-state index in [1.807, 2.05) is 54.3 Å². The van der Waals surface area contributed by atoms with E-state index in [2.05, 4.69) is 32.5 Å². The molecule has 0 bridgehead atoms. The number of amides is 3. The fraction of sp³-hybridized carbons (Fsp3) is 0.263. The zero-order valence-corrected chi connectivity index (χ0v) is 32.1. The van der Waals surface area contributed by atoms with E-state index in [9.17, 15) is 14.4 Å². The Labute approximate surface area is 327 Å².